The van der Waals surface area contributed by atoms with Gasteiger partial charge >= 0.3 is 0 Å². The molecule has 0 heterocycles. The summed E-state index contributed by atoms with van der Waals surface area (Å²) < 4.78 is 0. The van der Waals surface area contributed by atoms with Crippen LogP contribution in [0.3, 0.4) is 0 Å². The van der Waals surface area contributed by atoms with Gasteiger partial charge in [0.25, 0.3) is 5.97 Å². The summed E-state index contributed by atoms with van der Waals surface area (Å²) in [4.78, 5) is 9.00. The molecular formula is C11H18O3. The lowest BCUT2D eigenvalue weighted by Crippen LogP contribution is -2.12. The van der Waals surface area contributed by atoms with Crippen molar-refractivity contribution in [2.45, 2.75) is 34.1 Å². The second-order valence-corrected chi connectivity index (χ2v) is 4.24. The minimum Gasteiger partial charge on any atom is -0.508 e. The molecule has 0 aliphatic heterocycles. The maximum Gasteiger partial charge on any atom is 0.300 e. The lowest BCUT2D eigenvalue weighted by molar-refractivity contribution is -0.134. The van der Waals surface area contributed by atoms with E-state index in [9.17, 15) is 5.11 Å². The third-order valence-corrected chi connectivity index (χ3v) is 1.67. The Morgan fingerprint density at radius 2 is 1.93 bits per heavy atom. The Bertz CT molecular complexity index is 268. The van der Waals surface area contributed by atoms with Crippen molar-refractivity contribution < 1.29 is 15.0 Å². The van der Waals surface area contributed by atoms with Crippen LogP contribution in [0.25, 0.3) is 0 Å². The molecule has 80 valence electrons. The maximum atomic E-state index is 9.20. The summed E-state index contributed by atoms with van der Waals surface area (Å²) in [6.45, 7) is 7.38. The summed E-state index contributed by atoms with van der Waals surface area (Å²) in [5.41, 5.74) is 1.40. The van der Waals surface area contributed by atoms with Gasteiger partial charge in [-0.05, 0) is 30.9 Å². The van der Waals surface area contributed by atoms with Gasteiger partial charge in [-0.25, -0.2) is 0 Å². The van der Waals surface area contributed by atoms with Crippen molar-refractivity contribution in [3.63, 3.8) is 0 Å². The van der Waals surface area contributed by atoms with Gasteiger partial charge in [0, 0.05) is 6.92 Å². The zero-order valence-corrected chi connectivity index (χ0v) is 9.16. The van der Waals surface area contributed by atoms with E-state index in [1.54, 1.807) is 0 Å². The van der Waals surface area contributed by atoms with E-state index in [-0.39, 0.29) is 5.41 Å². The van der Waals surface area contributed by atoms with Gasteiger partial charge < -0.3 is 10.2 Å². The van der Waals surface area contributed by atoms with Crippen LogP contribution in [-0.4, -0.2) is 16.2 Å². The summed E-state index contributed by atoms with van der Waals surface area (Å²) in [6, 6.07) is 0. The van der Waals surface area contributed by atoms with Crippen molar-refractivity contribution in [2.75, 3.05) is 0 Å². The molecule has 0 aromatic rings. The van der Waals surface area contributed by atoms with Crippen LogP contribution < -0.4 is 0 Å². The number of carbonyl (C=O) groups is 1. The van der Waals surface area contributed by atoms with Crippen LogP contribution in [0.15, 0.2) is 23.5 Å². The van der Waals surface area contributed by atoms with Crippen LogP contribution in [0.1, 0.15) is 34.1 Å². The first-order valence-corrected chi connectivity index (χ1v) is 4.51. The number of aliphatic hydroxyl groups excluding tert-OH is 1. The van der Waals surface area contributed by atoms with Gasteiger partial charge in [-0.2, -0.15) is 0 Å². The minimum absolute atomic E-state index is 0.142. The first-order chi connectivity index (χ1) is 6.23. The first kappa shape index (κ1) is 12.8. The van der Waals surface area contributed by atoms with Crippen molar-refractivity contribution in [2.24, 2.45) is 5.41 Å². The Morgan fingerprint density at radius 1 is 1.50 bits per heavy atom. The summed E-state index contributed by atoms with van der Waals surface area (Å²) in [5.74, 6) is -0.422. The van der Waals surface area contributed by atoms with E-state index >= 15 is 0 Å². The molecule has 1 aliphatic carbocycles. The minimum atomic E-state index is -0.833. The number of carboxylic acid groups (broad SMARTS) is 1. The fourth-order valence-corrected chi connectivity index (χ4v) is 1.52. The summed E-state index contributed by atoms with van der Waals surface area (Å²) in [7, 11) is 0. The van der Waals surface area contributed by atoms with E-state index < -0.39 is 5.97 Å². The lowest BCUT2D eigenvalue weighted by atomic mass is 9.82. The topological polar surface area (TPSA) is 57.5 Å². The molecule has 2 N–H and O–H groups in total. The molecule has 1 rings (SSSR count). The van der Waals surface area contributed by atoms with E-state index in [4.69, 9.17) is 9.90 Å². The van der Waals surface area contributed by atoms with Gasteiger partial charge in [0.15, 0.2) is 0 Å². The van der Waals surface area contributed by atoms with Gasteiger partial charge in [-0.15, -0.1) is 0 Å². The molecule has 0 saturated heterocycles. The monoisotopic (exact) mass is 198 g/mol. The highest BCUT2D eigenvalue weighted by Crippen LogP contribution is 2.31. The number of hydrogen-bond acceptors (Lipinski definition) is 2. The molecule has 0 radical (unpaired) electrons. The molecule has 3 nitrogen and oxygen atoms in total. The average molecular weight is 198 g/mol. The van der Waals surface area contributed by atoms with Gasteiger partial charge in [0.05, 0.1) is 0 Å². The van der Waals surface area contributed by atoms with Crippen LogP contribution in [0.5, 0.6) is 0 Å². The molecule has 0 amide bonds. The van der Waals surface area contributed by atoms with E-state index in [0.29, 0.717) is 5.76 Å². The smallest absolute Gasteiger partial charge is 0.300 e. The SMILES string of the molecule is CC(=O)O.CC1=CC(O)=CC(C)(C)C1. The first-order valence-electron chi connectivity index (χ1n) is 4.51. The van der Waals surface area contributed by atoms with Crippen molar-refractivity contribution >= 4 is 5.97 Å². The highest BCUT2D eigenvalue weighted by Gasteiger charge is 2.19. The predicted octanol–water partition coefficient (Wildman–Crippen LogP) is 2.90. The summed E-state index contributed by atoms with van der Waals surface area (Å²) in [5, 5.41) is 16.6. The highest BCUT2D eigenvalue weighted by molar-refractivity contribution is 5.62. The average Bonchev–Trinajstić information content (AvgIpc) is 1.76. The molecule has 0 atom stereocenters. The van der Waals surface area contributed by atoms with Crippen LogP contribution >= 0.6 is 0 Å². The third kappa shape index (κ3) is 6.29. The number of allylic oxidation sites excluding steroid dienone is 3. The number of carboxylic acids is 1. The fraction of sp³-hybridized carbons (Fsp3) is 0.545. The van der Waals surface area contributed by atoms with Crippen molar-refractivity contribution in [1.29, 1.82) is 0 Å². The summed E-state index contributed by atoms with van der Waals surface area (Å²) in [6.07, 6.45) is 4.78. The molecular weight excluding hydrogens is 180 g/mol. The Kier molecular flexibility index (Phi) is 4.41. The number of rotatable bonds is 0. The Hall–Kier alpha value is -1.25. The third-order valence-electron chi connectivity index (χ3n) is 1.67. The van der Waals surface area contributed by atoms with Crippen LogP contribution in [0.4, 0.5) is 0 Å². The van der Waals surface area contributed by atoms with Crippen LogP contribution in [0, 0.1) is 5.41 Å². The molecule has 0 saturated carbocycles. The summed E-state index contributed by atoms with van der Waals surface area (Å²) >= 11 is 0. The molecule has 0 spiro atoms. The second-order valence-electron chi connectivity index (χ2n) is 4.24. The van der Waals surface area contributed by atoms with E-state index in [1.165, 1.54) is 5.57 Å². The molecule has 0 bridgehead atoms. The predicted molar refractivity (Wildman–Crippen MR) is 56.2 cm³/mol. The Balaban J connectivity index is 0.000000364. The Morgan fingerprint density at radius 3 is 2.21 bits per heavy atom. The quantitative estimate of drug-likeness (QED) is 0.629. The van der Waals surface area contributed by atoms with Crippen LogP contribution in [-0.2, 0) is 4.79 Å². The molecule has 3 heteroatoms. The van der Waals surface area contributed by atoms with E-state index in [1.807, 2.05) is 19.1 Å². The zero-order chi connectivity index (χ0) is 11.4. The fourth-order valence-electron chi connectivity index (χ4n) is 1.52. The number of aliphatic carboxylic acids is 1. The van der Waals surface area contributed by atoms with E-state index in [2.05, 4.69) is 13.8 Å². The number of aliphatic hydroxyl groups is 1. The van der Waals surface area contributed by atoms with Gasteiger partial charge in [-0.3, -0.25) is 4.79 Å². The van der Waals surface area contributed by atoms with Crippen molar-refractivity contribution in [3.05, 3.63) is 23.5 Å². The number of hydrogen-bond donors (Lipinski definition) is 2. The van der Waals surface area contributed by atoms with Gasteiger partial charge in [0.2, 0.25) is 0 Å². The zero-order valence-electron chi connectivity index (χ0n) is 9.16. The Labute approximate surface area is 84.8 Å². The highest BCUT2D eigenvalue weighted by atomic mass is 16.4. The normalized spacial score (nSPS) is 18.6. The maximum absolute atomic E-state index is 9.20. The van der Waals surface area contributed by atoms with Gasteiger partial charge in [0.1, 0.15) is 5.76 Å². The lowest BCUT2D eigenvalue weighted by Gasteiger charge is -2.24. The van der Waals surface area contributed by atoms with Crippen molar-refractivity contribution in [3.8, 4) is 0 Å². The largest absolute Gasteiger partial charge is 0.508 e. The van der Waals surface area contributed by atoms with Crippen molar-refractivity contribution in [1.82, 2.24) is 0 Å². The van der Waals surface area contributed by atoms with Crippen LogP contribution in [0.2, 0.25) is 0 Å². The molecule has 0 fully saturated rings. The van der Waals surface area contributed by atoms with E-state index in [0.717, 1.165) is 13.3 Å². The molecule has 1 aliphatic rings. The molecule has 0 aromatic heterocycles. The van der Waals surface area contributed by atoms with Gasteiger partial charge in [-0.1, -0.05) is 19.4 Å². The molecule has 14 heavy (non-hydrogen) atoms. The second kappa shape index (κ2) is 4.84. The standard InChI is InChI=1S/C9H14O.C2H4O2/c1-7-4-8(10)6-9(2,3)5-7;1-2(3)4/h4,6,10H,5H2,1-3H3;1H3,(H,3,4). The molecule has 0 unspecified atom stereocenters. The molecule has 0 aromatic carbocycles.